The van der Waals surface area contributed by atoms with Gasteiger partial charge in [0.25, 0.3) is 11.8 Å². The number of benzene rings is 1. The molecule has 150 valence electrons. The molecule has 0 radical (unpaired) electrons. The summed E-state index contributed by atoms with van der Waals surface area (Å²) in [7, 11) is 0. The summed E-state index contributed by atoms with van der Waals surface area (Å²) in [6.07, 6.45) is 2.01. The minimum Gasteiger partial charge on any atom is -0.494 e. The Labute approximate surface area is 167 Å². The van der Waals surface area contributed by atoms with Crippen LogP contribution in [0.3, 0.4) is 0 Å². The Morgan fingerprint density at radius 3 is 2.57 bits per heavy atom. The Morgan fingerprint density at radius 2 is 1.93 bits per heavy atom. The fourth-order valence-electron chi connectivity index (χ4n) is 2.06. The van der Waals surface area contributed by atoms with Gasteiger partial charge in [-0.1, -0.05) is 13.3 Å². The van der Waals surface area contributed by atoms with Gasteiger partial charge in [0.15, 0.2) is 11.7 Å². The predicted molar refractivity (Wildman–Crippen MR) is 106 cm³/mol. The Balaban J connectivity index is 1.68. The van der Waals surface area contributed by atoms with Gasteiger partial charge in [-0.3, -0.25) is 19.7 Å². The van der Waals surface area contributed by atoms with Gasteiger partial charge in [-0.25, -0.2) is 4.98 Å². The SMILES string of the molecule is CCCCOc1ccc(C(=O)NCC(=O)OCC(=O)Nc2nc(C)cs2)cc1. The molecule has 0 spiro atoms. The lowest BCUT2D eigenvalue weighted by Crippen LogP contribution is -2.32. The highest BCUT2D eigenvalue weighted by Crippen LogP contribution is 2.14. The molecule has 2 N–H and O–H groups in total. The van der Waals surface area contributed by atoms with Crippen molar-refractivity contribution in [3.8, 4) is 5.75 Å². The monoisotopic (exact) mass is 405 g/mol. The fraction of sp³-hybridized carbons (Fsp3) is 0.368. The number of unbranched alkanes of at least 4 members (excludes halogenated alkanes) is 1. The van der Waals surface area contributed by atoms with Crippen molar-refractivity contribution in [1.82, 2.24) is 10.3 Å². The van der Waals surface area contributed by atoms with Crippen molar-refractivity contribution in [3.05, 3.63) is 40.9 Å². The number of thiazole rings is 1. The van der Waals surface area contributed by atoms with Crippen LogP contribution in [0.2, 0.25) is 0 Å². The van der Waals surface area contributed by atoms with E-state index >= 15 is 0 Å². The van der Waals surface area contributed by atoms with Gasteiger partial charge in [0.2, 0.25) is 0 Å². The number of amides is 2. The number of nitrogens with one attached hydrogen (secondary N) is 2. The first-order valence-corrected chi connectivity index (χ1v) is 9.74. The Morgan fingerprint density at radius 1 is 1.18 bits per heavy atom. The van der Waals surface area contributed by atoms with Crippen LogP contribution in [-0.4, -0.2) is 42.5 Å². The summed E-state index contributed by atoms with van der Waals surface area (Å²) in [6.45, 7) is 3.73. The number of ether oxygens (including phenoxy) is 2. The number of rotatable bonds is 10. The zero-order valence-electron chi connectivity index (χ0n) is 15.8. The molecule has 0 aliphatic rings. The van der Waals surface area contributed by atoms with E-state index in [1.807, 2.05) is 6.92 Å². The van der Waals surface area contributed by atoms with Crippen LogP contribution in [-0.2, 0) is 14.3 Å². The smallest absolute Gasteiger partial charge is 0.325 e. The lowest BCUT2D eigenvalue weighted by Gasteiger charge is -2.08. The number of nitrogens with zero attached hydrogens (tertiary/aromatic N) is 1. The van der Waals surface area contributed by atoms with Crippen LogP contribution in [0.5, 0.6) is 5.75 Å². The second kappa shape index (κ2) is 11.0. The van der Waals surface area contributed by atoms with Crippen LogP contribution in [0.15, 0.2) is 29.6 Å². The summed E-state index contributed by atoms with van der Waals surface area (Å²) >= 11 is 1.28. The van der Waals surface area contributed by atoms with Crippen LogP contribution in [0, 0.1) is 6.92 Å². The minimum atomic E-state index is -0.710. The number of aryl methyl sites for hydroxylation is 1. The summed E-state index contributed by atoms with van der Waals surface area (Å²) in [6, 6.07) is 6.64. The molecule has 8 nitrogen and oxygen atoms in total. The minimum absolute atomic E-state index is 0.336. The van der Waals surface area contributed by atoms with Gasteiger partial charge in [-0.05, 0) is 37.6 Å². The Bertz CT molecular complexity index is 804. The fourth-order valence-corrected chi connectivity index (χ4v) is 2.76. The molecule has 0 bridgehead atoms. The maximum atomic E-state index is 12.1. The van der Waals surface area contributed by atoms with E-state index in [4.69, 9.17) is 9.47 Å². The number of anilines is 1. The second-order valence-corrected chi connectivity index (χ2v) is 6.77. The molecule has 0 saturated heterocycles. The molecule has 2 rings (SSSR count). The number of hydrogen-bond acceptors (Lipinski definition) is 7. The molecule has 0 aliphatic carbocycles. The number of carbonyl (C=O) groups excluding carboxylic acids is 3. The molecule has 2 amide bonds. The van der Waals surface area contributed by atoms with Crippen LogP contribution in [0.4, 0.5) is 5.13 Å². The third kappa shape index (κ3) is 7.36. The molecule has 0 unspecified atom stereocenters. The summed E-state index contributed by atoms with van der Waals surface area (Å²) in [5, 5.41) is 7.21. The Hall–Kier alpha value is -2.94. The first-order chi connectivity index (χ1) is 13.5. The van der Waals surface area contributed by atoms with E-state index in [0.29, 0.717) is 23.1 Å². The highest BCUT2D eigenvalue weighted by atomic mass is 32.1. The maximum Gasteiger partial charge on any atom is 0.325 e. The van der Waals surface area contributed by atoms with Crippen LogP contribution >= 0.6 is 11.3 Å². The first-order valence-electron chi connectivity index (χ1n) is 8.86. The van der Waals surface area contributed by atoms with E-state index in [0.717, 1.165) is 18.5 Å². The molecule has 1 aromatic heterocycles. The van der Waals surface area contributed by atoms with E-state index in [-0.39, 0.29) is 6.54 Å². The van der Waals surface area contributed by atoms with Gasteiger partial charge >= 0.3 is 5.97 Å². The molecular weight excluding hydrogens is 382 g/mol. The van der Waals surface area contributed by atoms with E-state index in [1.165, 1.54) is 11.3 Å². The Kier molecular flexibility index (Phi) is 8.41. The largest absolute Gasteiger partial charge is 0.494 e. The molecule has 28 heavy (non-hydrogen) atoms. The molecule has 0 aliphatic heterocycles. The summed E-state index contributed by atoms with van der Waals surface area (Å²) in [5.74, 6) is -0.934. The third-order valence-electron chi connectivity index (χ3n) is 3.51. The van der Waals surface area contributed by atoms with Crippen molar-refractivity contribution in [2.24, 2.45) is 0 Å². The molecule has 1 heterocycles. The van der Waals surface area contributed by atoms with Crippen LogP contribution in [0.1, 0.15) is 35.8 Å². The zero-order chi connectivity index (χ0) is 20.4. The van der Waals surface area contributed by atoms with Crippen molar-refractivity contribution in [2.45, 2.75) is 26.7 Å². The average Bonchev–Trinajstić information content (AvgIpc) is 3.09. The predicted octanol–water partition coefficient (Wildman–Crippen LogP) is 2.54. The highest BCUT2D eigenvalue weighted by molar-refractivity contribution is 7.13. The quantitative estimate of drug-likeness (QED) is 0.465. The molecule has 0 fully saturated rings. The average molecular weight is 405 g/mol. The summed E-state index contributed by atoms with van der Waals surface area (Å²) in [4.78, 5) is 39.5. The van der Waals surface area contributed by atoms with E-state index in [2.05, 4.69) is 22.5 Å². The molecule has 0 atom stereocenters. The van der Waals surface area contributed by atoms with Crippen LogP contribution < -0.4 is 15.4 Å². The highest BCUT2D eigenvalue weighted by Gasteiger charge is 2.12. The summed E-state index contributed by atoms with van der Waals surface area (Å²) < 4.78 is 10.4. The van der Waals surface area contributed by atoms with Crippen molar-refractivity contribution in [1.29, 1.82) is 0 Å². The molecule has 1 aromatic carbocycles. The number of hydrogen-bond donors (Lipinski definition) is 2. The van der Waals surface area contributed by atoms with Crippen molar-refractivity contribution in [2.75, 3.05) is 25.1 Å². The van der Waals surface area contributed by atoms with Gasteiger partial charge in [0.05, 0.1) is 12.3 Å². The lowest BCUT2D eigenvalue weighted by atomic mass is 10.2. The normalized spacial score (nSPS) is 10.2. The maximum absolute atomic E-state index is 12.1. The molecule has 9 heteroatoms. The van der Waals surface area contributed by atoms with Gasteiger partial charge < -0.3 is 14.8 Å². The summed E-state index contributed by atoms with van der Waals surface area (Å²) in [5.41, 5.74) is 1.19. The van der Waals surface area contributed by atoms with Crippen molar-refractivity contribution >= 4 is 34.3 Å². The number of carbonyl (C=O) groups is 3. The van der Waals surface area contributed by atoms with Gasteiger partial charge in [-0.15, -0.1) is 11.3 Å². The molecule has 2 aromatic rings. The van der Waals surface area contributed by atoms with E-state index in [1.54, 1.807) is 29.6 Å². The standard InChI is InChI=1S/C19H23N3O5S/c1-3-4-9-26-15-7-5-14(6-8-15)18(25)20-10-17(24)27-11-16(23)22-19-21-13(2)12-28-19/h5-8,12H,3-4,9-11H2,1-2H3,(H,20,25)(H,21,22,23). The van der Waals surface area contributed by atoms with Crippen LogP contribution in [0.25, 0.3) is 0 Å². The number of esters is 1. The zero-order valence-corrected chi connectivity index (χ0v) is 16.6. The van der Waals surface area contributed by atoms with E-state index in [9.17, 15) is 14.4 Å². The van der Waals surface area contributed by atoms with Gasteiger partial charge in [0, 0.05) is 10.9 Å². The van der Waals surface area contributed by atoms with Gasteiger partial charge in [0.1, 0.15) is 12.3 Å². The molecular formula is C19H23N3O5S. The first kappa shape index (κ1) is 21.4. The lowest BCUT2D eigenvalue weighted by molar-refractivity contribution is -0.146. The second-order valence-electron chi connectivity index (χ2n) is 5.91. The third-order valence-corrected chi connectivity index (χ3v) is 4.38. The van der Waals surface area contributed by atoms with Gasteiger partial charge in [-0.2, -0.15) is 0 Å². The van der Waals surface area contributed by atoms with Crippen molar-refractivity contribution in [3.63, 3.8) is 0 Å². The topological polar surface area (TPSA) is 107 Å². The van der Waals surface area contributed by atoms with Crippen molar-refractivity contribution < 1.29 is 23.9 Å². The number of aromatic nitrogens is 1. The molecule has 0 saturated carbocycles. The van der Waals surface area contributed by atoms with E-state index < -0.39 is 24.4 Å².